The van der Waals surface area contributed by atoms with Gasteiger partial charge in [-0.3, -0.25) is 9.36 Å². The van der Waals surface area contributed by atoms with Crippen molar-refractivity contribution in [1.29, 1.82) is 0 Å². The SMILES string of the molecule is COc1ccc(CNC(=O)C(C)Sc2nnc(N3CCCCC3)n2-c2ccccc2)cc1OC. The number of thioether (sulfide) groups is 1. The van der Waals surface area contributed by atoms with Crippen LogP contribution in [-0.4, -0.2) is 53.2 Å². The number of piperidine rings is 1. The first kappa shape index (κ1) is 23.9. The first-order valence-corrected chi connectivity index (χ1v) is 12.4. The zero-order valence-electron chi connectivity index (χ0n) is 19.9. The van der Waals surface area contributed by atoms with E-state index in [1.165, 1.54) is 18.2 Å². The van der Waals surface area contributed by atoms with Gasteiger partial charge >= 0.3 is 0 Å². The normalized spacial score (nSPS) is 14.5. The maximum absolute atomic E-state index is 12.9. The van der Waals surface area contributed by atoms with Gasteiger partial charge in [0.05, 0.1) is 25.2 Å². The number of aromatic nitrogens is 3. The van der Waals surface area contributed by atoms with E-state index < -0.39 is 0 Å². The molecule has 2 aromatic carbocycles. The van der Waals surface area contributed by atoms with E-state index in [2.05, 4.69) is 25.0 Å². The highest BCUT2D eigenvalue weighted by atomic mass is 32.2. The molecule has 1 atom stereocenters. The predicted octanol–water partition coefficient (Wildman–Crippen LogP) is 4.07. The zero-order chi connectivity index (χ0) is 23.9. The second-order valence-corrected chi connectivity index (χ2v) is 9.48. The molecule has 4 rings (SSSR count). The quantitative estimate of drug-likeness (QED) is 0.461. The molecule has 1 aromatic heterocycles. The number of anilines is 1. The first-order chi connectivity index (χ1) is 16.6. The Bertz CT molecular complexity index is 1100. The van der Waals surface area contributed by atoms with Gasteiger partial charge < -0.3 is 19.7 Å². The molecule has 1 unspecified atom stereocenters. The van der Waals surface area contributed by atoms with Gasteiger partial charge in [0.1, 0.15) is 0 Å². The van der Waals surface area contributed by atoms with Crippen molar-refractivity contribution in [2.45, 2.75) is 43.1 Å². The molecule has 1 saturated heterocycles. The van der Waals surface area contributed by atoms with Gasteiger partial charge in [-0.2, -0.15) is 0 Å². The third kappa shape index (κ3) is 5.47. The topological polar surface area (TPSA) is 81.5 Å². The summed E-state index contributed by atoms with van der Waals surface area (Å²) in [7, 11) is 3.20. The van der Waals surface area contributed by atoms with Gasteiger partial charge in [0.2, 0.25) is 11.9 Å². The van der Waals surface area contributed by atoms with Crippen LogP contribution >= 0.6 is 11.8 Å². The van der Waals surface area contributed by atoms with E-state index in [1.54, 1.807) is 14.2 Å². The molecule has 2 heterocycles. The number of nitrogens with one attached hydrogen (secondary N) is 1. The molecule has 0 spiro atoms. The van der Waals surface area contributed by atoms with E-state index in [-0.39, 0.29) is 11.2 Å². The fraction of sp³-hybridized carbons (Fsp3) is 0.400. The fourth-order valence-electron chi connectivity index (χ4n) is 3.98. The lowest BCUT2D eigenvalue weighted by Gasteiger charge is -2.28. The number of methoxy groups -OCH3 is 2. The fourth-order valence-corrected chi connectivity index (χ4v) is 4.86. The number of rotatable bonds is 9. The van der Waals surface area contributed by atoms with Crippen LogP contribution in [0.15, 0.2) is 53.7 Å². The van der Waals surface area contributed by atoms with Gasteiger partial charge in [-0.15, -0.1) is 10.2 Å². The summed E-state index contributed by atoms with van der Waals surface area (Å²) >= 11 is 1.41. The van der Waals surface area contributed by atoms with Crippen molar-refractivity contribution in [3.63, 3.8) is 0 Å². The molecule has 1 fully saturated rings. The van der Waals surface area contributed by atoms with Crippen LogP contribution in [0.25, 0.3) is 5.69 Å². The van der Waals surface area contributed by atoms with Gasteiger partial charge in [0, 0.05) is 19.6 Å². The van der Waals surface area contributed by atoms with Crippen LogP contribution in [0.3, 0.4) is 0 Å². The Morgan fingerprint density at radius 1 is 1.03 bits per heavy atom. The van der Waals surface area contributed by atoms with Crippen LogP contribution in [0, 0.1) is 0 Å². The molecule has 0 radical (unpaired) electrons. The third-order valence-electron chi connectivity index (χ3n) is 5.84. The molecular weight excluding hydrogens is 450 g/mol. The van der Waals surface area contributed by atoms with Gasteiger partial charge in [-0.05, 0) is 56.0 Å². The lowest BCUT2D eigenvalue weighted by Crippen LogP contribution is -2.32. The van der Waals surface area contributed by atoms with Crippen molar-refractivity contribution >= 4 is 23.6 Å². The summed E-state index contributed by atoms with van der Waals surface area (Å²) in [4.78, 5) is 15.2. The van der Waals surface area contributed by atoms with E-state index in [1.807, 2.05) is 55.5 Å². The first-order valence-electron chi connectivity index (χ1n) is 11.5. The summed E-state index contributed by atoms with van der Waals surface area (Å²) in [6.07, 6.45) is 3.55. The van der Waals surface area contributed by atoms with Crippen molar-refractivity contribution in [2.24, 2.45) is 0 Å². The van der Waals surface area contributed by atoms with Gasteiger partial charge in [0.25, 0.3) is 0 Å². The average molecular weight is 482 g/mol. The molecule has 1 aliphatic heterocycles. The number of hydrogen-bond acceptors (Lipinski definition) is 7. The smallest absolute Gasteiger partial charge is 0.233 e. The molecule has 180 valence electrons. The number of hydrogen-bond donors (Lipinski definition) is 1. The summed E-state index contributed by atoms with van der Waals surface area (Å²) in [5.74, 6) is 2.07. The standard InChI is InChI=1S/C25H31N5O3S/c1-18(23(31)26-17-19-12-13-21(32-2)22(16-19)33-3)34-25-28-27-24(29-14-8-5-9-15-29)30(25)20-10-6-4-7-11-20/h4,6-7,10-13,16,18H,5,8-9,14-15,17H2,1-3H3,(H,26,31). The minimum absolute atomic E-state index is 0.0677. The van der Waals surface area contributed by atoms with Crippen LogP contribution in [0.2, 0.25) is 0 Å². The lowest BCUT2D eigenvalue weighted by atomic mass is 10.1. The molecule has 1 N–H and O–H groups in total. The molecule has 34 heavy (non-hydrogen) atoms. The van der Waals surface area contributed by atoms with Crippen molar-refractivity contribution in [1.82, 2.24) is 20.1 Å². The van der Waals surface area contributed by atoms with E-state index in [4.69, 9.17) is 9.47 Å². The van der Waals surface area contributed by atoms with Crippen LogP contribution in [0.4, 0.5) is 5.95 Å². The summed E-state index contributed by atoms with van der Waals surface area (Å²) in [6, 6.07) is 15.7. The van der Waals surface area contributed by atoms with Crippen LogP contribution in [-0.2, 0) is 11.3 Å². The minimum Gasteiger partial charge on any atom is -0.493 e. The Balaban J connectivity index is 1.47. The largest absolute Gasteiger partial charge is 0.493 e. The Morgan fingerprint density at radius 3 is 2.47 bits per heavy atom. The van der Waals surface area contributed by atoms with E-state index in [9.17, 15) is 4.79 Å². The number of ether oxygens (including phenoxy) is 2. The highest BCUT2D eigenvalue weighted by Gasteiger charge is 2.24. The van der Waals surface area contributed by atoms with Crippen molar-refractivity contribution in [3.8, 4) is 17.2 Å². The van der Waals surface area contributed by atoms with Crippen LogP contribution < -0.4 is 19.7 Å². The minimum atomic E-state index is -0.346. The molecule has 0 bridgehead atoms. The van der Waals surface area contributed by atoms with Crippen molar-refractivity contribution < 1.29 is 14.3 Å². The number of para-hydroxylation sites is 1. The Kier molecular flexibility index (Phi) is 7.95. The summed E-state index contributed by atoms with van der Waals surface area (Å²) in [6.45, 7) is 4.22. The Hall–Kier alpha value is -3.20. The van der Waals surface area contributed by atoms with E-state index >= 15 is 0 Å². The number of benzene rings is 2. The molecule has 1 amide bonds. The summed E-state index contributed by atoms with van der Waals surface area (Å²) < 4.78 is 12.7. The maximum Gasteiger partial charge on any atom is 0.233 e. The highest BCUT2D eigenvalue weighted by Crippen LogP contribution is 2.31. The molecule has 0 aliphatic carbocycles. The average Bonchev–Trinajstić information content (AvgIpc) is 3.31. The maximum atomic E-state index is 12.9. The number of amides is 1. The van der Waals surface area contributed by atoms with Crippen molar-refractivity contribution in [2.75, 3.05) is 32.2 Å². The Labute approximate surface area is 204 Å². The molecule has 9 heteroatoms. The van der Waals surface area contributed by atoms with Gasteiger partial charge in [0.15, 0.2) is 16.7 Å². The molecule has 3 aromatic rings. The van der Waals surface area contributed by atoms with Crippen LogP contribution in [0.1, 0.15) is 31.7 Å². The predicted molar refractivity (Wildman–Crippen MR) is 134 cm³/mol. The number of nitrogens with zero attached hydrogens (tertiary/aromatic N) is 4. The summed E-state index contributed by atoms with van der Waals surface area (Å²) in [5, 5.41) is 12.4. The zero-order valence-corrected chi connectivity index (χ0v) is 20.7. The van der Waals surface area contributed by atoms with Crippen LogP contribution in [0.5, 0.6) is 11.5 Å². The lowest BCUT2D eigenvalue weighted by molar-refractivity contribution is -0.120. The van der Waals surface area contributed by atoms with E-state index in [0.29, 0.717) is 23.2 Å². The van der Waals surface area contributed by atoms with Crippen molar-refractivity contribution in [3.05, 3.63) is 54.1 Å². The summed E-state index contributed by atoms with van der Waals surface area (Å²) in [5.41, 5.74) is 1.93. The highest BCUT2D eigenvalue weighted by molar-refractivity contribution is 8.00. The Morgan fingerprint density at radius 2 is 1.76 bits per heavy atom. The second kappa shape index (κ2) is 11.3. The number of carbonyl (C=O) groups is 1. The molecule has 8 nitrogen and oxygen atoms in total. The molecular formula is C25H31N5O3S. The molecule has 1 aliphatic rings. The monoisotopic (exact) mass is 481 g/mol. The molecule has 0 saturated carbocycles. The van der Waals surface area contributed by atoms with Gasteiger partial charge in [-0.1, -0.05) is 36.0 Å². The number of carbonyl (C=O) groups excluding carboxylic acids is 1. The van der Waals surface area contributed by atoms with E-state index in [0.717, 1.165) is 43.1 Å². The third-order valence-corrected chi connectivity index (χ3v) is 6.88. The van der Waals surface area contributed by atoms with Gasteiger partial charge in [-0.25, -0.2) is 0 Å². The second-order valence-electron chi connectivity index (χ2n) is 8.17.